The molecule has 3 heterocycles. The Kier molecular flexibility index (Phi) is 6.17. The molecule has 2 amide bonds. The fraction of sp³-hybridized carbons (Fsp3) is 0.526. The Bertz CT molecular complexity index is 1140. The summed E-state index contributed by atoms with van der Waals surface area (Å²) in [7, 11) is 0. The van der Waals surface area contributed by atoms with Crippen LogP contribution in [0.25, 0.3) is 11.5 Å². The average Bonchev–Trinajstić information content (AvgIpc) is 3.39. The van der Waals surface area contributed by atoms with Crippen molar-refractivity contribution in [3.63, 3.8) is 0 Å². The first-order valence-corrected chi connectivity index (χ1v) is 10.1. The molecule has 8 nitrogen and oxygen atoms in total. The van der Waals surface area contributed by atoms with Crippen LogP contribution in [0.5, 0.6) is 0 Å². The van der Waals surface area contributed by atoms with Crippen molar-refractivity contribution in [3.8, 4) is 11.5 Å². The third-order valence-corrected chi connectivity index (χ3v) is 5.74. The summed E-state index contributed by atoms with van der Waals surface area (Å²) in [6.45, 7) is -0.256. The van der Waals surface area contributed by atoms with Gasteiger partial charge in [-0.25, -0.2) is 17.6 Å². The highest BCUT2D eigenvalue weighted by molar-refractivity contribution is 5.99. The van der Waals surface area contributed by atoms with Gasteiger partial charge in [-0.2, -0.15) is 17.6 Å². The summed E-state index contributed by atoms with van der Waals surface area (Å²) in [5.74, 6) is -13.0. The highest BCUT2D eigenvalue weighted by Crippen LogP contribution is 2.39. The molecule has 4 rings (SSSR count). The molecule has 1 saturated carbocycles. The Morgan fingerprint density at radius 2 is 1.94 bits per heavy atom. The second-order valence-corrected chi connectivity index (χ2v) is 8.07. The highest BCUT2D eigenvalue weighted by Gasteiger charge is 2.53. The molecular weight excluding hydrogens is 498 g/mol. The van der Waals surface area contributed by atoms with Gasteiger partial charge in [0.25, 0.3) is 17.7 Å². The van der Waals surface area contributed by atoms with Gasteiger partial charge in [-0.15, -0.1) is 10.2 Å². The third-order valence-electron chi connectivity index (χ3n) is 5.74. The molecule has 0 unspecified atom stereocenters. The van der Waals surface area contributed by atoms with Crippen LogP contribution in [-0.2, 0) is 11.3 Å². The number of rotatable bonds is 6. The molecule has 2 aromatic rings. The van der Waals surface area contributed by atoms with Gasteiger partial charge in [-0.1, -0.05) is 0 Å². The maximum absolute atomic E-state index is 14.0. The summed E-state index contributed by atoms with van der Waals surface area (Å²) in [6, 6.07) is -1.78. The molecular formula is C19H15F8N5O3. The van der Waals surface area contributed by atoms with Gasteiger partial charge in [0, 0.05) is 19.0 Å². The number of amides is 2. The van der Waals surface area contributed by atoms with E-state index in [2.05, 4.69) is 15.2 Å². The van der Waals surface area contributed by atoms with Gasteiger partial charge in [0.1, 0.15) is 0 Å². The summed E-state index contributed by atoms with van der Waals surface area (Å²) >= 11 is 0. The van der Waals surface area contributed by atoms with Gasteiger partial charge >= 0.3 is 18.8 Å². The number of alkyl halides is 8. The zero-order valence-corrected chi connectivity index (χ0v) is 17.3. The second-order valence-electron chi connectivity index (χ2n) is 8.07. The molecule has 2 atom stereocenters. The molecule has 1 fully saturated rings. The average molecular weight is 513 g/mol. The smallest absolute Gasteiger partial charge is 0.383 e. The van der Waals surface area contributed by atoms with E-state index in [1.54, 1.807) is 5.32 Å². The van der Waals surface area contributed by atoms with Gasteiger partial charge in [0.15, 0.2) is 0 Å². The van der Waals surface area contributed by atoms with E-state index in [0.717, 1.165) is 11.1 Å². The number of hydrogen-bond donors (Lipinski definition) is 1. The molecule has 2 aromatic heterocycles. The second kappa shape index (κ2) is 8.71. The van der Waals surface area contributed by atoms with E-state index in [-0.39, 0.29) is 29.3 Å². The van der Waals surface area contributed by atoms with Gasteiger partial charge in [-0.3, -0.25) is 14.6 Å². The van der Waals surface area contributed by atoms with Gasteiger partial charge in [0.2, 0.25) is 11.8 Å². The van der Waals surface area contributed by atoms with Crippen LogP contribution in [0.4, 0.5) is 35.1 Å². The Morgan fingerprint density at radius 1 is 1.23 bits per heavy atom. The number of hydrogen-bond acceptors (Lipinski definition) is 6. The van der Waals surface area contributed by atoms with Crippen LogP contribution in [0.3, 0.4) is 0 Å². The number of nitrogens with zero attached hydrogens (tertiary/aromatic N) is 4. The predicted octanol–water partition coefficient (Wildman–Crippen LogP) is 3.60. The van der Waals surface area contributed by atoms with Crippen LogP contribution < -0.4 is 5.32 Å². The lowest BCUT2D eigenvalue weighted by molar-refractivity contribution is -0.172. The van der Waals surface area contributed by atoms with Crippen molar-refractivity contribution in [2.24, 2.45) is 0 Å². The van der Waals surface area contributed by atoms with Crippen molar-refractivity contribution in [2.45, 2.75) is 62.6 Å². The number of carbonyl (C=O) groups excluding carboxylic acids is 2. The summed E-state index contributed by atoms with van der Waals surface area (Å²) < 4.78 is 110. The first-order valence-electron chi connectivity index (χ1n) is 10.1. The standard InChI is InChI=1S/C19H15F8N5O3/c20-12(21)14-31-30-13(35-14)7-3-8-10(28-5-7)6-32(15(8)33)11-1-2-18(24,25)4-9(11)29-17(34)19(26,27)16(22)23/h3,5,9,11-12,16H,1-2,4,6H2,(H,29,34)/t9-,11-/m1/s1. The normalized spacial score (nSPS) is 22.1. The monoisotopic (exact) mass is 513 g/mol. The highest BCUT2D eigenvalue weighted by atomic mass is 19.3. The molecule has 0 aromatic carbocycles. The minimum atomic E-state index is -5.12. The molecule has 1 aliphatic heterocycles. The Balaban J connectivity index is 1.58. The molecule has 0 saturated heterocycles. The van der Waals surface area contributed by atoms with E-state index in [9.17, 15) is 44.7 Å². The molecule has 1 N–H and O–H groups in total. The molecule has 0 spiro atoms. The summed E-state index contributed by atoms with van der Waals surface area (Å²) in [5.41, 5.74) is 0.0854. The minimum Gasteiger partial charge on any atom is -0.415 e. The lowest BCUT2D eigenvalue weighted by Crippen LogP contribution is -2.60. The number of carbonyl (C=O) groups is 2. The van der Waals surface area contributed by atoms with Gasteiger partial charge < -0.3 is 14.6 Å². The van der Waals surface area contributed by atoms with Crippen LogP contribution in [-0.4, -0.2) is 62.2 Å². The van der Waals surface area contributed by atoms with Crippen LogP contribution in [0.2, 0.25) is 0 Å². The van der Waals surface area contributed by atoms with E-state index in [1.165, 1.54) is 6.07 Å². The van der Waals surface area contributed by atoms with Crippen LogP contribution >= 0.6 is 0 Å². The third kappa shape index (κ3) is 4.65. The molecule has 16 heteroatoms. The zero-order chi connectivity index (χ0) is 25.7. The molecule has 0 radical (unpaired) electrons. The maximum atomic E-state index is 14.0. The summed E-state index contributed by atoms with van der Waals surface area (Å²) in [6.07, 6.45) is -8.57. The fourth-order valence-corrected chi connectivity index (χ4v) is 4.02. The first kappa shape index (κ1) is 24.8. The Hall–Kier alpha value is -3.33. The number of nitrogens with one attached hydrogen (secondary N) is 1. The molecule has 2 aliphatic rings. The maximum Gasteiger partial charge on any atom is 0.383 e. The number of halogens is 8. The van der Waals surface area contributed by atoms with E-state index in [4.69, 9.17) is 4.42 Å². The van der Waals surface area contributed by atoms with E-state index < -0.39 is 73.7 Å². The predicted molar refractivity (Wildman–Crippen MR) is 97.8 cm³/mol. The number of aromatic nitrogens is 3. The largest absolute Gasteiger partial charge is 0.415 e. The lowest BCUT2D eigenvalue weighted by Gasteiger charge is -2.41. The molecule has 35 heavy (non-hydrogen) atoms. The van der Waals surface area contributed by atoms with Gasteiger partial charge in [-0.05, 0) is 12.5 Å². The zero-order valence-electron chi connectivity index (χ0n) is 17.3. The van der Waals surface area contributed by atoms with Crippen molar-refractivity contribution in [2.75, 3.05) is 0 Å². The van der Waals surface area contributed by atoms with E-state index in [1.807, 2.05) is 0 Å². The van der Waals surface area contributed by atoms with Crippen molar-refractivity contribution < 1.29 is 49.1 Å². The van der Waals surface area contributed by atoms with Crippen LogP contribution in [0.15, 0.2) is 16.7 Å². The molecule has 190 valence electrons. The molecule has 1 aliphatic carbocycles. The summed E-state index contributed by atoms with van der Waals surface area (Å²) in [4.78, 5) is 29.8. The first-order chi connectivity index (χ1) is 16.3. The van der Waals surface area contributed by atoms with Crippen molar-refractivity contribution in [3.05, 3.63) is 29.4 Å². The quantitative estimate of drug-likeness (QED) is 0.593. The number of pyridine rings is 1. The molecule has 0 bridgehead atoms. The van der Waals surface area contributed by atoms with Crippen molar-refractivity contribution in [1.29, 1.82) is 0 Å². The van der Waals surface area contributed by atoms with E-state index in [0.29, 0.717) is 0 Å². The van der Waals surface area contributed by atoms with Crippen LogP contribution in [0.1, 0.15) is 47.6 Å². The topological polar surface area (TPSA) is 101 Å². The van der Waals surface area contributed by atoms with E-state index >= 15 is 0 Å². The number of fused-ring (bicyclic) bond motifs is 1. The Morgan fingerprint density at radius 3 is 2.57 bits per heavy atom. The SMILES string of the molecule is O=C1c2cc(-c3nnc(C(F)F)o3)cnc2CN1[C@@H]1CCC(F)(F)C[C@H]1NC(=O)C(F)(F)C(F)F. The Labute approximate surface area is 190 Å². The van der Waals surface area contributed by atoms with Crippen molar-refractivity contribution in [1.82, 2.24) is 25.4 Å². The van der Waals surface area contributed by atoms with Crippen molar-refractivity contribution >= 4 is 11.8 Å². The summed E-state index contributed by atoms with van der Waals surface area (Å²) in [5, 5.41) is 8.15. The van der Waals surface area contributed by atoms with Crippen LogP contribution in [0, 0.1) is 0 Å². The minimum absolute atomic E-state index is 0.00922. The fourth-order valence-electron chi connectivity index (χ4n) is 4.02. The van der Waals surface area contributed by atoms with Gasteiger partial charge in [0.05, 0.1) is 35.4 Å². The lowest BCUT2D eigenvalue weighted by atomic mass is 9.86.